The zero-order valence-electron chi connectivity index (χ0n) is 11.1. The molecule has 0 saturated heterocycles. The number of carbonyl (C=O) groups excluding carboxylic acids is 1. The second kappa shape index (κ2) is 6.33. The van der Waals surface area contributed by atoms with Crippen LogP contribution in [0.15, 0.2) is 22.9 Å². The topological polar surface area (TPSA) is 84.2 Å². The molecule has 0 aliphatic carbocycles. The Bertz CT molecular complexity index is 601. The van der Waals surface area contributed by atoms with Crippen LogP contribution < -0.4 is 5.32 Å². The highest BCUT2D eigenvalue weighted by Gasteiger charge is 2.12. The monoisotopic (exact) mass is 295 g/mol. The summed E-state index contributed by atoms with van der Waals surface area (Å²) >= 11 is 5.87. The Kier molecular flexibility index (Phi) is 4.52. The number of amides is 2. The van der Waals surface area contributed by atoms with Crippen molar-refractivity contribution in [2.24, 2.45) is 0 Å². The van der Waals surface area contributed by atoms with Crippen molar-refractivity contribution < 1.29 is 9.32 Å². The van der Waals surface area contributed by atoms with Crippen molar-refractivity contribution in [3.05, 3.63) is 35.2 Å². The predicted molar refractivity (Wildman–Crippen MR) is 73.6 cm³/mol. The van der Waals surface area contributed by atoms with E-state index in [1.807, 2.05) is 0 Å². The average Bonchev–Trinajstić information content (AvgIpc) is 2.84. The number of urea groups is 1. The average molecular weight is 296 g/mol. The Morgan fingerprint density at radius 2 is 2.35 bits per heavy atom. The molecule has 2 heterocycles. The molecule has 8 heteroatoms. The fourth-order valence-corrected chi connectivity index (χ4v) is 1.67. The highest BCUT2D eigenvalue weighted by Crippen LogP contribution is 2.17. The van der Waals surface area contributed by atoms with Crippen molar-refractivity contribution in [3.8, 4) is 0 Å². The van der Waals surface area contributed by atoms with Crippen molar-refractivity contribution in [1.82, 2.24) is 20.0 Å². The van der Waals surface area contributed by atoms with Crippen LogP contribution in [0.4, 0.5) is 10.5 Å². The van der Waals surface area contributed by atoms with Crippen LogP contribution in [0.5, 0.6) is 0 Å². The first-order valence-electron chi connectivity index (χ1n) is 5.98. The molecule has 0 aliphatic rings. The molecule has 0 aromatic carbocycles. The smallest absolute Gasteiger partial charge is 0.321 e. The van der Waals surface area contributed by atoms with Gasteiger partial charge < -0.3 is 14.7 Å². The third kappa shape index (κ3) is 3.67. The number of hydrogen-bond acceptors (Lipinski definition) is 5. The van der Waals surface area contributed by atoms with Crippen molar-refractivity contribution >= 4 is 23.3 Å². The minimum absolute atomic E-state index is 0.253. The summed E-state index contributed by atoms with van der Waals surface area (Å²) in [6.07, 6.45) is 2.07. The molecule has 106 valence electrons. The lowest BCUT2D eigenvalue weighted by Crippen LogP contribution is -2.33. The SMILES string of the molecule is Cc1nc(CCN(C)C(=O)Nc2cccnc2Cl)no1. The number of carbonyl (C=O) groups is 1. The molecule has 0 atom stereocenters. The molecule has 2 rings (SSSR count). The summed E-state index contributed by atoms with van der Waals surface area (Å²) in [5, 5.41) is 6.70. The summed E-state index contributed by atoms with van der Waals surface area (Å²) in [5.41, 5.74) is 0.474. The number of rotatable bonds is 4. The van der Waals surface area contributed by atoms with E-state index in [0.29, 0.717) is 30.4 Å². The highest BCUT2D eigenvalue weighted by atomic mass is 35.5. The van der Waals surface area contributed by atoms with E-state index in [2.05, 4.69) is 20.4 Å². The Balaban J connectivity index is 1.87. The van der Waals surface area contributed by atoms with E-state index in [1.54, 1.807) is 32.3 Å². The maximum atomic E-state index is 12.0. The molecule has 0 fully saturated rings. The molecule has 0 bridgehead atoms. The van der Waals surface area contributed by atoms with Crippen molar-refractivity contribution in [1.29, 1.82) is 0 Å². The lowest BCUT2D eigenvalue weighted by Gasteiger charge is -2.17. The van der Waals surface area contributed by atoms with Crippen molar-refractivity contribution in [3.63, 3.8) is 0 Å². The summed E-state index contributed by atoms with van der Waals surface area (Å²) in [7, 11) is 1.67. The maximum absolute atomic E-state index is 12.0. The van der Waals surface area contributed by atoms with Gasteiger partial charge in [0.15, 0.2) is 11.0 Å². The van der Waals surface area contributed by atoms with Gasteiger partial charge in [-0.2, -0.15) is 4.98 Å². The molecule has 0 spiro atoms. The zero-order chi connectivity index (χ0) is 14.5. The number of aryl methyl sites for hydroxylation is 1. The molecule has 0 saturated carbocycles. The summed E-state index contributed by atoms with van der Waals surface area (Å²) in [6.45, 7) is 2.18. The van der Waals surface area contributed by atoms with E-state index in [1.165, 1.54) is 4.90 Å². The van der Waals surface area contributed by atoms with Gasteiger partial charge in [-0.05, 0) is 12.1 Å². The standard InChI is InChI=1S/C12H14ClN5O2/c1-8-15-10(17-20-8)5-7-18(2)12(19)16-9-4-3-6-14-11(9)13/h3-4,6H,5,7H2,1-2H3,(H,16,19). The lowest BCUT2D eigenvalue weighted by atomic mass is 10.4. The minimum atomic E-state index is -0.278. The van der Waals surface area contributed by atoms with Gasteiger partial charge >= 0.3 is 6.03 Å². The number of nitrogens with zero attached hydrogens (tertiary/aromatic N) is 4. The van der Waals surface area contributed by atoms with E-state index in [0.717, 1.165) is 0 Å². The number of hydrogen-bond donors (Lipinski definition) is 1. The van der Waals surface area contributed by atoms with Gasteiger partial charge in [0.2, 0.25) is 5.89 Å². The molecule has 0 unspecified atom stereocenters. The van der Waals surface area contributed by atoms with Crippen LogP contribution in [0.3, 0.4) is 0 Å². The predicted octanol–water partition coefficient (Wildman–Crippen LogP) is 2.13. The van der Waals surface area contributed by atoms with Crippen LogP contribution in [0.1, 0.15) is 11.7 Å². The number of aromatic nitrogens is 3. The highest BCUT2D eigenvalue weighted by molar-refractivity contribution is 6.32. The fourth-order valence-electron chi connectivity index (χ4n) is 1.50. The minimum Gasteiger partial charge on any atom is -0.340 e. The Morgan fingerprint density at radius 3 is 3.00 bits per heavy atom. The van der Waals surface area contributed by atoms with Crippen LogP contribution >= 0.6 is 11.6 Å². The second-order valence-electron chi connectivity index (χ2n) is 4.17. The molecule has 0 radical (unpaired) electrons. The second-order valence-corrected chi connectivity index (χ2v) is 4.53. The van der Waals surface area contributed by atoms with Crippen LogP contribution in [-0.4, -0.2) is 39.6 Å². The first-order valence-corrected chi connectivity index (χ1v) is 6.36. The fraction of sp³-hybridized carbons (Fsp3) is 0.333. The Morgan fingerprint density at radius 1 is 1.55 bits per heavy atom. The van der Waals surface area contributed by atoms with Gasteiger partial charge in [0.1, 0.15) is 0 Å². The van der Waals surface area contributed by atoms with Gasteiger partial charge in [0.25, 0.3) is 0 Å². The summed E-state index contributed by atoms with van der Waals surface area (Å²) in [6, 6.07) is 3.10. The maximum Gasteiger partial charge on any atom is 0.321 e. The number of anilines is 1. The molecule has 2 amide bonds. The van der Waals surface area contributed by atoms with Gasteiger partial charge in [-0.25, -0.2) is 9.78 Å². The quantitative estimate of drug-likeness (QED) is 0.874. The van der Waals surface area contributed by atoms with Gasteiger partial charge in [-0.3, -0.25) is 0 Å². The molecule has 0 aliphatic heterocycles. The molecular formula is C12H14ClN5O2. The molecule has 20 heavy (non-hydrogen) atoms. The van der Waals surface area contributed by atoms with Crippen molar-refractivity contribution in [2.75, 3.05) is 18.9 Å². The van der Waals surface area contributed by atoms with E-state index >= 15 is 0 Å². The van der Waals surface area contributed by atoms with Gasteiger partial charge in [0, 0.05) is 33.1 Å². The van der Waals surface area contributed by atoms with E-state index in [-0.39, 0.29) is 11.2 Å². The largest absolute Gasteiger partial charge is 0.340 e. The van der Waals surface area contributed by atoms with Crippen LogP contribution in [0.2, 0.25) is 5.15 Å². The molecule has 2 aromatic rings. The number of nitrogens with one attached hydrogen (secondary N) is 1. The summed E-state index contributed by atoms with van der Waals surface area (Å²) < 4.78 is 4.86. The number of likely N-dealkylation sites (N-methyl/N-ethyl adjacent to an activating group) is 1. The van der Waals surface area contributed by atoms with Gasteiger partial charge in [-0.1, -0.05) is 16.8 Å². The third-order valence-electron chi connectivity index (χ3n) is 2.59. The third-order valence-corrected chi connectivity index (χ3v) is 2.89. The van der Waals surface area contributed by atoms with Crippen LogP contribution in [0, 0.1) is 6.92 Å². The number of halogens is 1. The van der Waals surface area contributed by atoms with E-state index in [4.69, 9.17) is 16.1 Å². The lowest BCUT2D eigenvalue weighted by molar-refractivity contribution is 0.222. The molecule has 7 nitrogen and oxygen atoms in total. The first-order chi connectivity index (χ1) is 9.56. The molecule has 2 aromatic heterocycles. The molecule has 1 N–H and O–H groups in total. The summed E-state index contributed by atoms with van der Waals surface area (Å²) in [5.74, 6) is 1.08. The van der Waals surface area contributed by atoms with Crippen LogP contribution in [-0.2, 0) is 6.42 Å². The van der Waals surface area contributed by atoms with Gasteiger partial charge in [-0.15, -0.1) is 0 Å². The first kappa shape index (κ1) is 14.3. The molecular weight excluding hydrogens is 282 g/mol. The Labute approximate surface area is 120 Å². The van der Waals surface area contributed by atoms with E-state index < -0.39 is 0 Å². The zero-order valence-corrected chi connectivity index (χ0v) is 11.9. The summed E-state index contributed by atoms with van der Waals surface area (Å²) in [4.78, 5) is 21.4. The number of pyridine rings is 1. The van der Waals surface area contributed by atoms with Crippen LogP contribution in [0.25, 0.3) is 0 Å². The van der Waals surface area contributed by atoms with Gasteiger partial charge in [0.05, 0.1) is 5.69 Å². The Hall–Kier alpha value is -2.15. The normalized spacial score (nSPS) is 10.3. The van der Waals surface area contributed by atoms with E-state index in [9.17, 15) is 4.79 Å². The van der Waals surface area contributed by atoms with Crippen molar-refractivity contribution in [2.45, 2.75) is 13.3 Å².